The van der Waals surface area contributed by atoms with E-state index in [4.69, 9.17) is 5.73 Å². The van der Waals surface area contributed by atoms with E-state index < -0.39 is 27.6 Å². The molecule has 3 N–H and O–H groups in total. The first kappa shape index (κ1) is 16.6. The fraction of sp³-hybridized carbons (Fsp3) is 0.455. The number of nitrogens with one attached hydrogen (secondary N) is 1. The molecule has 0 radical (unpaired) electrons. The van der Waals surface area contributed by atoms with Gasteiger partial charge in [-0.05, 0) is 32.0 Å². The first-order valence-corrected chi connectivity index (χ1v) is 7.11. The number of alkyl halides is 3. The van der Waals surface area contributed by atoms with Gasteiger partial charge >= 0.3 is 16.4 Å². The number of rotatable bonds is 4. The van der Waals surface area contributed by atoms with Crippen molar-refractivity contribution < 1.29 is 21.6 Å². The zero-order valence-corrected chi connectivity index (χ0v) is 12.0. The van der Waals surface area contributed by atoms with Crippen LogP contribution < -0.4 is 10.5 Å². The predicted octanol–water partition coefficient (Wildman–Crippen LogP) is 2.28. The predicted molar refractivity (Wildman–Crippen MR) is 71.3 cm³/mol. The Bertz CT molecular complexity index is 585. The summed E-state index contributed by atoms with van der Waals surface area (Å²) in [4.78, 5) is 0. The molecule has 114 valence electrons. The molecule has 0 aliphatic heterocycles. The molecule has 0 fully saturated rings. The first-order chi connectivity index (χ1) is 8.95. The standard InChI is InChI=1S/C11H16F3N3O2S/c1-7(2)17(3)20(18,19)16-8-4-5-10(15)9(6-8)11(12,13)14/h4-7,16H,15H2,1-3H3. The van der Waals surface area contributed by atoms with Gasteiger partial charge < -0.3 is 5.73 Å². The number of hydrogen-bond acceptors (Lipinski definition) is 3. The van der Waals surface area contributed by atoms with E-state index in [-0.39, 0.29) is 11.7 Å². The summed E-state index contributed by atoms with van der Waals surface area (Å²) in [7, 11) is -2.58. The van der Waals surface area contributed by atoms with Crippen LogP contribution in [0.2, 0.25) is 0 Å². The molecule has 20 heavy (non-hydrogen) atoms. The van der Waals surface area contributed by atoms with Gasteiger partial charge in [0, 0.05) is 18.8 Å². The van der Waals surface area contributed by atoms with E-state index in [9.17, 15) is 21.6 Å². The van der Waals surface area contributed by atoms with Crippen molar-refractivity contribution in [2.24, 2.45) is 0 Å². The Morgan fingerprint density at radius 2 is 1.85 bits per heavy atom. The lowest BCUT2D eigenvalue weighted by Crippen LogP contribution is -2.37. The van der Waals surface area contributed by atoms with E-state index in [0.29, 0.717) is 6.07 Å². The van der Waals surface area contributed by atoms with Crippen LogP contribution in [-0.4, -0.2) is 25.8 Å². The first-order valence-electron chi connectivity index (χ1n) is 5.67. The van der Waals surface area contributed by atoms with E-state index in [1.165, 1.54) is 13.1 Å². The molecular weight excluding hydrogens is 295 g/mol. The molecule has 5 nitrogen and oxygen atoms in total. The summed E-state index contributed by atoms with van der Waals surface area (Å²) in [5, 5.41) is 0. The van der Waals surface area contributed by atoms with Crippen molar-refractivity contribution in [2.45, 2.75) is 26.1 Å². The van der Waals surface area contributed by atoms with Crippen molar-refractivity contribution in [1.82, 2.24) is 4.31 Å². The molecule has 0 spiro atoms. The Morgan fingerprint density at radius 1 is 1.30 bits per heavy atom. The third-order valence-electron chi connectivity index (χ3n) is 2.71. The average Bonchev–Trinajstić information content (AvgIpc) is 2.28. The molecule has 0 heterocycles. The second kappa shape index (κ2) is 5.49. The van der Waals surface area contributed by atoms with Crippen LogP contribution in [0.15, 0.2) is 18.2 Å². The van der Waals surface area contributed by atoms with Gasteiger partial charge in [0.1, 0.15) is 0 Å². The molecule has 0 bridgehead atoms. The Morgan fingerprint density at radius 3 is 2.30 bits per heavy atom. The highest BCUT2D eigenvalue weighted by atomic mass is 32.2. The molecule has 0 amide bonds. The van der Waals surface area contributed by atoms with Crippen LogP contribution in [0, 0.1) is 0 Å². The molecule has 0 saturated carbocycles. The van der Waals surface area contributed by atoms with Gasteiger partial charge in [-0.15, -0.1) is 0 Å². The number of halogens is 3. The third-order valence-corrected chi connectivity index (χ3v) is 4.39. The number of nitrogen functional groups attached to an aromatic ring is 1. The SMILES string of the molecule is CC(C)N(C)S(=O)(=O)Nc1ccc(N)c(C(F)(F)F)c1. The molecule has 1 rings (SSSR count). The van der Waals surface area contributed by atoms with E-state index in [1.807, 2.05) is 0 Å². The minimum atomic E-state index is -4.64. The van der Waals surface area contributed by atoms with Crippen molar-refractivity contribution in [2.75, 3.05) is 17.5 Å². The molecule has 1 aromatic carbocycles. The number of benzene rings is 1. The van der Waals surface area contributed by atoms with Crippen LogP contribution in [0.25, 0.3) is 0 Å². The Labute approximate surface area is 115 Å². The van der Waals surface area contributed by atoms with Gasteiger partial charge in [-0.25, -0.2) is 0 Å². The van der Waals surface area contributed by atoms with Gasteiger partial charge in [-0.2, -0.15) is 25.9 Å². The maximum Gasteiger partial charge on any atom is 0.418 e. The quantitative estimate of drug-likeness (QED) is 0.838. The largest absolute Gasteiger partial charge is 0.418 e. The molecule has 0 atom stereocenters. The van der Waals surface area contributed by atoms with Crippen LogP contribution in [0.5, 0.6) is 0 Å². The van der Waals surface area contributed by atoms with Crippen LogP contribution in [0.3, 0.4) is 0 Å². The van der Waals surface area contributed by atoms with Crippen molar-refractivity contribution in [1.29, 1.82) is 0 Å². The van der Waals surface area contributed by atoms with Crippen molar-refractivity contribution >= 4 is 21.6 Å². The maximum atomic E-state index is 12.7. The topological polar surface area (TPSA) is 75.4 Å². The number of anilines is 2. The highest BCUT2D eigenvalue weighted by Gasteiger charge is 2.33. The van der Waals surface area contributed by atoms with Gasteiger partial charge in [-0.1, -0.05) is 0 Å². The lowest BCUT2D eigenvalue weighted by molar-refractivity contribution is -0.136. The van der Waals surface area contributed by atoms with Gasteiger partial charge in [0.2, 0.25) is 0 Å². The molecule has 0 saturated heterocycles. The third kappa shape index (κ3) is 3.76. The fourth-order valence-corrected chi connectivity index (χ4v) is 2.49. The van der Waals surface area contributed by atoms with Crippen molar-refractivity contribution in [3.8, 4) is 0 Å². The Hall–Kier alpha value is -1.48. The number of hydrogen-bond donors (Lipinski definition) is 2. The average molecular weight is 311 g/mol. The summed E-state index contributed by atoms with van der Waals surface area (Å²) in [5.74, 6) is 0. The van der Waals surface area contributed by atoms with Crippen molar-refractivity contribution in [3.05, 3.63) is 23.8 Å². The van der Waals surface area contributed by atoms with Crippen LogP contribution in [-0.2, 0) is 16.4 Å². The second-order valence-electron chi connectivity index (χ2n) is 4.52. The molecule has 0 unspecified atom stereocenters. The zero-order chi connectivity index (χ0) is 15.7. The van der Waals surface area contributed by atoms with E-state index in [0.717, 1.165) is 10.4 Å². The summed E-state index contributed by atoms with van der Waals surface area (Å²) >= 11 is 0. The normalized spacial score (nSPS) is 13.0. The second-order valence-corrected chi connectivity index (χ2v) is 6.25. The summed E-state index contributed by atoms with van der Waals surface area (Å²) in [6.07, 6.45) is -4.64. The molecule has 0 aromatic heterocycles. The zero-order valence-electron chi connectivity index (χ0n) is 11.2. The van der Waals surface area contributed by atoms with Crippen molar-refractivity contribution in [3.63, 3.8) is 0 Å². The highest BCUT2D eigenvalue weighted by molar-refractivity contribution is 7.90. The van der Waals surface area contributed by atoms with E-state index in [2.05, 4.69) is 4.72 Å². The van der Waals surface area contributed by atoms with Gasteiger partial charge in [0.25, 0.3) is 0 Å². The summed E-state index contributed by atoms with van der Waals surface area (Å²) < 4.78 is 64.9. The monoisotopic (exact) mass is 311 g/mol. The molecular formula is C11H16F3N3O2S. The molecule has 1 aromatic rings. The fourth-order valence-electron chi connectivity index (χ4n) is 1.36. The molecule has 9 heteroatoms. The highest BCUT2D eigenvalue weighted by Crippen LogP contribution is 2.35. The molecule has 0 aliphatic carbocycles. The van der Waals surface area contributed by atoms with E-state index in [1.54, 1.807) is 13.8 Å². The summed E-state index contributed by atoms with van der Waals surface area (Å²) in [6.45, 7) is 3.28. The van der Waals surface area contributed by atoms with Gasteiger partial charge in [-0.3, -0.25) is 4.72 Å². The van der Waals surface area contributed by atoms with Crippen LogP contribution in [0.4, 0.5) is 24.5 Å². The Balaban J connectivity index is 3.12. The van der Waals surface area contributed by atoms with E-state index >= 15 is 0 Å². The van der Waals surface area contributed by atoms with Gasteiger partial charge in [0.15, 0.2) is 0 Å². The summed E-state index contributed by atoms with van der Waals surface area (Å²) in [6, 6.07) is 2.52. The lowest BCUT2D eigenvalue weighted by Gasteiger charge is -2.22. The lowest BCUT2D eigenvalue weighted by atomic mass is 10.1. The number of nitrogens with zero attached hydrogens (tertiary/aromatic N) is 1. The Kier molecular flexibility index (Phi) is 4.55. The minimum absolute atomic E-state index is 0.195. The summed E-state index contributed by atoms with van der Waals surface area (Å²) in [5.41, 5.74) is 3.51. The maximum absolute atomic E-state index is 12.7. The molecule has 0 aliphatic rings. The minimum Gasteiger partial charge on any atom is -0.398 e. The van der Waals surface area contributed by atoms with Crippen LogP contribution in [0.1, 0.15) is 19.4 Å². The smallest absolute Gasteiger partial charge is 0.398 e. The van der Waals surface area contributed by atoms with Gasteiger partial charge in [0.05, 0.1) is 11.3 Å². The van der Waals surface area contributed by atoms with Crippen LogP contribution >= 0.6 is 0 Å². The number of nitrogens with two attached hydrogens (primary N) is 1.